The van der Waals surface area contributed by atoms with Gasteiger partial charge in [-0.2, -0.15) is 0 Å². The van der Waals surface area contributed by atoms with E-state index in [1.807, 2.05) is 0 Å². The number of nitrogens with zero attached hydrogens (tertiary/aromatic N) is 1. The summed E-state index contributed by atoms with van der Waals surface area (Å²) in [6.45, 7) is 12.3. The van der Waals surface area contributed by atoms with Crippen LogP contribution in [0.4, 0.5) is 0 Å². The van der Waals surface area contributed by atoms with Crippen molar-refractivity contribution in [1.82, 2.24) is 10.2 Å². The topological polar surface area (TPSA) is 15.3 Å². The van der Waals surface area contributed by atoms with Crippen molar-refractivity contribution in [3.63, 3.8) is 0 Å². The monoisotopic (exact) mass is 252 g/mol. The van der Waals surface area contributed by atoms with E-state index in [1.54, 1.807) is 0 Å². The van der Waals surface area contributed by atoms with Crippen molar-refractivity contribution in [2.45, 2.75) is 65.5 Å². The summed E-state index contributed by atoms with van der Waals surface area (Å²) in [5, 5.41) is 3.60. The molecular formula is C16H32N2. The fraction of sp³-hybridized carbons (Fsp3) is 1.00. The maximum atomic E-state index is 3.60. The molecule has 0 spiro atoms. The molecule has 1 N–H and O–H groups in total. The summed E-state index contributed by atoms with van der Waals surface area (Å²) in [7, 11) is 2.15. The number of likely N-dealkylation sites (N-methyl/N-ethyl adjacent to an activating group) is 1. The third-order valence-corrected chi connectivity index (χ3v) is 5.15. The lowest BCUT2D eigenvalue weighted by Crippen LogP contribution is -2.58. The highest BCUT2D eigenvalue weighted by atomic mass is 15.2. The second kappa shape index (κ2) is 5.50. The molecule has 0 bridgehead atoms. The minimum atomic E-state index is 0.513. The van der Waals surface area contributed by atoms with E-state index >= 15 is 0 Å². The van der Waals surface area contributed by atoms with Gasteiger partial charge in [0.1, 0.15) is 0 Å². The lowest BCUT2D eigenvalue weighted by atomic mass is 9.74. The molecule has 2 rings (SSSR count). The van der Waals surface area contributed by atoms with Crippen molar-refractivity contribution < 1.29 is 0 Å². The predicted octanol–water partition coefficient (Wildman–Crippen LogP) is 3.13. The zero-order valence-corrected chi connectivity index (χ0v) is 13.0. The highest BCUT2D eigenvalue weighted by Gasteiger charge is 2.39. The summed E-state index contributed by atoms with van der Waals surface area (Å²) in [6, 6.07) is 1.45. The van der Waals surface area contributed by atoms with E-state index in [0.717, 1.165) is 17.9 Å². The first-order valence-corrected chi connectivity index (χ1v) is 7.84. The third-order valence-electron chi connectivity index (χ3n) is 5.15. The maximum absolute atomic E-state index is 3.60. The van der Waals surface area contributed by atoms with E-state index in [-0.39, 0.29) is 0 Å². The second-order valence-corrected chi connectivity index (χ2v) is 7.68. The van der Waals surface area contributed by atoms with Crippen LogP contribution in [-0.4, -0.2) is 37.1 Å². The molecule has 0 aromatic heterocycles. The van der Waals surface area contributed by atoms with E-state index in [9.17, 15) is 0 Å². The Kier molecular flexibility index (Phi) is 4.38. The summed E-state index contributed by atoms with van der Waals surface area (Å²) in [6.07, 6.45) is 5.52. The van der Waals surface area contributed by atoms with E-state index in [2.05, 4.69) is 45.0 Å². The summed E-state index contributed by atoms with van der Waals surface area (Å²) >= 11 is 0. The minimum Gasteiger partial charge on any atom is -0.315 e. The first kappa shape index (κ1) is 14.3. The number of likely N-dealkylation sites (tertiary alicyclic amines) is 1. The van der Waals surface area contributed by atoms with Crippen LogP contribution in [0.15, 0.2) is 0 Å². The molecule has 1 aliphatic carbocycles. The van der Waals surface area contributed by atoms with Gasteiger partial charge in [0.2, 0.25) is 0 Å². The lowest BCUT2D eigenvalue weighted by Gasteiger charge is -2.50. The van der Waals surface area contributed by atoms with Gasteiger partial charge in [-0.05, 0) is 56.5 Å². The Morgan fingerprint density at radius 2 is 1.89 bits per heavy atom. The van der Waals surface area contributed by atoms with Crippen LogP contribution in [0, 0.1) is 17.3 Å². The van der Waals surface area contributed by atoms with Crippen LogP contribution < -0.4 is 5.32 Å². The number of hydrogen-bond donors (Lipinski definition) is 1. The molecule has 106 valence electrons. The molecule has 4 unspecified atom stereocenters. The molecule has 0 amide bonds. The molecule has 2 fully saturated rings. The molecule has 2 heteroatoms. The molecule has 1 saturated carbocycles. The zero-order valence-electron chi connectivity index (χ0n) is 13.0. The van der Waals surface area contributed by atoms with Crippen molar-refractivity contribution in [3.8, 4) is 0 Å². The average Bonchev–Trinajstić information content (AvgIpc) is 2.26. The van der Waals surface area contributed by atoms with E-state index < -0.39 is 0 Å². The fourth-order valence-electron chi connectivity index (χ4n) is 4.47. The van der Waals surface area contributed by atoms with Crippen LogP contribution in [0.3, 0.4) is 0 Å². The van der Waals surface area contributed by atoms with Gasteiger partial charge in [0.25, 0.3) is 0 Å². The average molecular weight is 252 g/mol. The Morgan fingerprint density at radius 1 is 1.17 bits per heavy atom. The largest absolute Gasteiger partial charge is 0.315 e. The number of rotatable bonds is 2. The highest BCUT2D eigenvalue weighted by Crippen LogP contribution is 2.37. The first-order valence-electron chi connectivity index (χ1n) is 7.84. The van der Waals surface area contributed by atoms with Crippen LogP contribution >= 0.6 is 0 Å². The van der Waals surface area contributed by atoms with Gasteiger partial charge in [-0.3, -0.25) is 4.90 Å². The van der Waals surface area contributed by atoms with Gasteiger partial charge in [-0.15, -0.1) is 0 Å². The molecule has 0 aromatic rings. The highest BCUT2D eigenvalue weighted by molar-refractivity contribution is 4.96. The fourth-order valence-corrected chi connectivity index (χ4v) is 4.47. The van der Waals surface area contributed by atoms with E-state index in [4.69, 9.17) is 0 Å². The number of nitrogens with one attached hydrogen (secondary N) is 1. The standard InChI is InChI=1S/C16H32N2/c1-12-9-13(2)15(14(10-12)17-5)18-8-6-7-16(3,4)11-18/h12-15,17H,6-11H2,1-5H3. The quantitative estimate of drug-likeness (QED) is 0.812. The van der Waals surface area contributed by atoms with E-state index in [0.29, 0.717) is 11.5 Å². The van der Waals surface area contributed by atoms with Crippen LogP contribution in [0.25, 0.3) is 0 Å². The SMILES string of the molecule is CNC1CC(C)CC(C)C1N1CCCC(C)(C)C1. The Morgan fingerprint density at radius 3 is 2.50 bits per heavy atom. The zero-order chi connectivity index (χ0) is 13.3. The molecule has 1 heterocycles. The Hall–Kier alpha value is -0.0800. The molecule has 0 aromatic carbocycles. The van der Waals surface area contributed by atoms with Crippen molar-refractivity contribution in [3.05, 3.63) is 0 Å². The van der Waals surface area contributed by atoms with Crippen LogP contribution in [0.1, 0.15) is 53.4 Å². The number of piperidine rings is 1. The third kappa shape index (κ3) is 3.08. The molecule has 1 saturated heterocycles. The van der Waals surface area contributed by atoms with Gasteiger partial charge >= 0.3 is 0 Å². The Labute approximate surface area is 114 Å². The minimum absolute atomic E-state index is 0.513. The summed E-state index contributed by atoms with van der Waals surface area (Å²) < 4.78 is 0. The molecule has 18 heavy (non-hydrogen) atoms. The van der Waals surface area contributed by atoms with Gasteiger partial charge in [0.05, 0.1) is 0 Å². The van der Waals surface area contributed by atoms with Crippen molar-refractivity contribution >= 4 is 0 Å². The smallest absolute Gasteiger partial charge is 0.0275 e. The molecular weight excluding hydrogens is 220 g/mol. The Bertz CT molecular complexity index is 274. The first-order chi connectivity index (χ1) is 8.43. The molecule has 1 aliphatic heterocycles. The van der Waals surface area contributed by atoms with Crippen molar-refractivity contribution in [2.75, 3.05) is 20.1 Å². The van der Waals surface area contributed by atoms with Gasteiger partial charge < -0.3 is 5.32 Å². The van der Waals surface area contributed by atoms with Crippen molar-refractivity contribution in [2.24, 2.45) is 17.3 Å². The van der Waals surface area contributed by atoms with Gasteiger partial charge in [-0.25, -0.2) is 0 Å². The van der Waals surface area contributed by atoms with Gasteiger partial charge in [0, 0.05) is 18.6 Å². The van der Waals surface area contributed by atoms with Crippen LogP contribution in [0.5, 0.6) is 0 Å². The van der Waals surface area contributed by atoms with E-state index in [1.165, 1.54) is 38.8 Å². The molecule has 2 aliphatic rings. The van der Waals surface area contributed by atoms with Crippen molar-refractivity contribution in [1.29, 1.82) is 0 Å². The summed E-state index contributed by atoms with van der Waals surface area (Å²) in [5.74, 6) is 1.71. The molecule has 0 radical (unpaired) electrons. The molecule has 4 atom stereocenters. The normalized spacial score (nSPS) is 41.8. The Balaban J connectivity index is 2.09. The van der Waals surface area contributed by atoms with Crippen LogP contribution in [0.2, 0.25) is 0 Å². The number of hydrogen-bond acceptors (Lipinski definition) is 2. The van der Waals surface area contributed by atoms with Gasteiger partial charge in [-0.1, -0.05) is 27.7 Å². The summed E-state index contributed by atoms with van der Waals surface area (Å²) in [5.41, 5.74) is 0.513. The van der Waals surface area contributed by atoms with Gasteiger partial charge in [0.15, 0.2) is 0 Å². The maximum Gasteiger partial charge on any atom is 0.0275 e. The molecule has 2 nitrogen and oxygen atoms in total. The predicted molar refractivity (Wildman–Crippen MR) is 78.8 cm³/mol. The lowest BCUT2D eigenvalue weighted by molar-refractivity contribution is 0.0113. The summed E-state index contributed by atoms with van der Waals surface area (Å²) in [4.78, 5) is 2.79. The van der Waals surface area contributed by atoms with Crippen LogP contribution in [-0.2, 0) is 0 Å². The second-order valence-electron chi connectivity index (χ2n) is 7.68.